The molecular weight excluding hydrogens is 204 g/mol. The minimum atomic E-state index is 0.0666. The van der Waals surface area contributed by atoms with E-state index in [9.17, 15) is 4.79 Å². The van der Waals surface area contributed by atoms with Crippen molar-refractivity contribution >= 4 is 11.7 Å². The van der Waals surface area contributed by atoms with Gasteiger partial charge in [0.15, 0.2) is 0 Å². The molecule has 1 amide bonds. The standard InChI is InChI=1S/C11H20N4O/c1-8(2)4-5-10(16)13-6-9-7-14-15(3)11(9)12/h7-8H,4-6,12H2,1-3H3,(H,13,16). The number of nitrogens with two attached hydrogens (primary N) is 1. The van der Waals surface area contributed by atoms with Crippen LogP contribution in [0.25, 0.3) is 0 Å². The molecular formula is C11H20N4O. The summed E-state index contributed by atoms with van der Waals surface area (Å²) < 4.78 is 1.59. The van der Waals surface area contributed by atoms with Crippen LogP contribution in [0.3, 0.4) is 0 Å². The smallest absolute Gasteiger partial charge is 0.220 e. The van der Waals surface area contributed by atoms with E-state index in [1.807, 2.05) is 0 Å². The van der Waals surface area contributed by atoms with Crippen molar-refractivity contribution in [3.63, 3.8) is 0 Å². The Morgan fingerprint density at radius 1 is 1.62 bits per heavy atom. The monoisotopic (exact) mass is 224 g/mol. The van der Waals surface area contributed by atoms with Gasteiger partial charge in [-0.05, 0) is 12.3 Å². The second kappa shape index (κ2) is 5.53. The topological polar surface area (TPSA) is 72.9 Å². The zero-order valence-corrected chi connectivity index (χ0v) is 10.2. The number of hydrogen-bond acceptors (Lipinski definition) is 3. The molecule has 3 N–H and O–H groups in total. The number of carbonyl (C=O) groups excluding carboxylic acids is 1. The minimum absolute atomic E-state index is 0.0666. The van der Waals surface area contributed by atoms with Crippen LogP contribution in [0.15, 0.2) is 6.20 Å². The molecule has 5 heteroatoms. The van der Waals surface area contributed by atoms with Gasteiger partial charge in [0, 0.05) is 25.6 Å². The molecule has 0 aliphatic carbocycles. The zero-order chi connectivity index (χ0) is 12.1. The first-order chi connectivity index (χ1) is 7.50. The van der Waals surface area contributed by atoms with Gasteiger partial charge in [0.25, 0.3) is 0 Å². The summed E-state index contributed by atoms with van der Waals surface area (Å²) >= 11 is 0. The summed E-state index contributed by atoms with van der Waals surface area (Å²) in [4.78, 5) is 11.5. The van der Waals surface area contributed by atoms with Crippen molar-refractivity contribution < 1.29 is 4.79 Å². The van der Waals surface area contributed by atoms with Gasteiger partial charge in [-0.25, -0.2) is 0 Å². The van der Waals surface area contributed by atoms with Crippen LogP contribution in [0.4, 0.5) is 5.82 Å². The number of nitrogens with one attached hydrogen (secondary N) is 1. The van der Waals surface area contributed by atoms with E-state index in [0.717, 1.165) is 12.0 Å². The largest absolute Gasteiger partial charge is 0.384 e. The molecule has 1 rings (SSSR count). The van der Waals surface area contributed by atoms with Crippen LogP contribution in [0, 0.1) is 5.92 Å². The predicted molar refractivity (Wildman–Crippen MR) is 63.5 cm³/mol. The van der Waals surface area contributed by atoms with E-state index < -0.39 is 0 Å². The molecule has 0 unspecified atom stereocenters. The first kappa shape index (κ1) is 12.5. The number of aryl methyl sites for hydroxylation is 1. The Morgan fingerprint density at radius 2 is 2.31 bits per heavy atom. The third-order valence-electron chi connectivity index (χ3n) is 2.49. The third-order valence-corrected chi connectivity index (χ3v) is 2.49. The molecule has 0 aliphatic rings. The number of nitrogens with zero attached hydrogens (tertiary/aromatic N) is 2. The van der Waals surface area contributed by atoms with Gasteiger partial charge >= 0.3 is 0 Å². The van der Waals surface area contributed by atoms with Crippen LogP contribution >= 0.6 is 0 Å². The second-order valence-corrected chi connectivity index (χ2v) is 4.39. The maximum Gasteiger partial charge on any atom is 0.220 e. The maximum atomic E-state index is 11.5. The van der Waals surface area contributed by atoms with E-state index in [1.165, 1.54) is 0 Å². The Morgan fingerprint density at radius 3 is 2.81 bits per heavy atom. The molecule has 0 saturated heterocycles. The summed E-state index contributed by atoms with van der Waals surface area (Å²) in [5.74, 6) is 1.22. The fourth-order valence-corrected chi connectivity index (χ4v) is 1.33. The number of carbonyl (C=O) groups is 1. The molecule has 0 aliphatic heterocycles. The molecule has 0 aromatic carbocycles. The number of nitrogen functional groups attached to an aromatic ring is 1. The molecule has 1 aromatic rings. The molecule has 1 heterocycles. The van der Waals surface area contributed by atoms with E-state index in [-0.39, 0.29) is 5.91 Å². The van der Waals surface area contributed by atoms with E-state index >= 15 is 0 Å². The average Bonchev–Trinajstić information content (AvgIpc) is 2.54. The fourth-order valence-electron chi connectivity index (χ4n) is 1.33. The van der Waals surface area contributed by atoms with Gasteiger partial charge in [-0.1, -0.05) is 13.8 Å². The van der Waals surface area contributed by atoms with Gasteiger partial charge in [0.2, 0.25) is 5.91 Å². The average molecular weight is 224 g/mol. The normalized spacial score (nSPS) is 10.8. The van der Waals surface area contributed by atoms with Crippen molar-refractivity contribution in [2.45, 2.75) is 33.2 Å². The van der Waals surface area contributed by atoms with Gasteiger partial charge in [-0.3, -0.25) is 9.48 Å². The maximum absolute atomic E-state index is 11.5. The van der Waals surface area contributed by atoms with Gasteiger partial charge < -0.3 is 11.1 Å². The Hall–Kier alpha value is -1.52. The molecule has 0 fully saturated rings. The second-order valence-electron chi connectivity index (χ2n) is 4.39. The lowest BCUT2D eigenvalue weighted by Crippen LogP contribution is -2.23. The Balaban J connectivity index is 2.34. The van der Waals surface area contributed by atoms with Crippen molar-refractivity contribution in [1.29, 1.82) is 0 Å². The summed E-state index contributed by atoms with van der Waals surface area (Å²) in [7, 11) is 1.78. The lowest BCUT2D eigenvalue weighted by molar-refractivity contribution is -0.121. The van der Waals surface area contributed by atoms with E-state index in [1.54, 1.807) is 17.9 Å². The van der Waals surface area contributed by atoms with E-state index in [0.29, 0.717) is 24.7 Å². The lowest BCUT2D eigenvalue weighted by Gasteiger charge is -2.06. The number of anilines is 1. The number of hydrogen-bond donors (Lipinski definition) is 2. The Kier molecular flexibility index (Phi) is 4.34. The highest BCUT2D eigenvalue weighted by Crippen LogP contribution is 2.09. The van der Waals surface area contributed by atoms with Crippen molar-refractivity contribution in [2.24, 2.45) is 13.0 Å². The van der Waals surface area contributed by atoms with E-state index in [4.69, 9.17) is 5.73 Å². The molecule has 0 spiro atoms. The first-order valence-electron chi connectivity index (χ1n) is 5.53. The molecule has 0 atom stereocenters. The van der Waals surface area contributed by atoms with Crippen LogP contribution in [0.5, 0.6) is 0 Å². The molecule has 1 aromatic heterocycles. The van der Waals surface area contributed by atoms with Crippen LogP contribution in [0.1, 0.15) is 32.3 Å². The van der Waals surface area contributed by atoms with Gasteiger partial charge in [0.1, 0.15) is 5.82 Å². The van der Waals surface area contributed by atoms with Crippen LogP contribution < -0.4 is 11.1 Å². The molecule has 5 nitrogen and oxygen atoms in total. The fraction of sp³-hybridized carbons (Fsp3) is 0.636. The highest BCUT2D eigenvalue weighted by molar-refractivity contribution is 5.75. The lowest BCUT2D eigenvalue weighted by atomic mass is 10.1. The molecule has 0 saturated carbocycles. The zero-order valence-electron chi connectivity index (χ0n) is 10.2. The first-order valence-corrected chi connectivity index (χ1v) is 5.53. The van der Waals surface area contributed by atoms with Crippen molar-refractivity contribution in [2.75, 3.05) is 5.73 Å². The van der Waals surface area contributed by atoms with Crippen molar-refractivity contribution in [1.82, 2.24) is 15.1 Å². The third kappa shape index (κ3) is 3.56. The Bertz CT molecular complexity index is 357. The SMILES string of the molecule is CC(C)CCC(=O)NCc1cnn(C)c1N. The van der Waals surface area contributed by atoms with Crippen molar-refractivity contribution in [3.05, 3.63) is 11.8 Å². The van der Waals surface area contributed by atoms with Gasteiger partial charge in [-0.15, -0.1) is 0 Å². The van der Waals surface area contributed by atoms with Crippen LogP contribution in [-0.4, -0.2) is 15.7 Å². The number of amides is 1. The van der Waals surface area contributed by atoms with Crippen molar-refractivity contribution in [3.8, 4) is 0 Å². The van der Waals surface area contributed by atoms with Gasteiger partial charge in [0.05, 0.1) is 6.20 Å². The molecule has 0 bridgehead atoms. The minimum Gasteiger partial charge on any atom is -0.384 e. The quantitative estimate of drug-likeness (QED) is 0.785. The molecule has 16 heavy (non-hydrogen) atoms. The summed E-state index contributed by atoms with van der Waals surface area (Å²) in [5.41, 5.74) is 6.62. The van der Waals surface area contributed by atoms with E-state index in [2.05, 4.69) is 24.3 Å². The predicted octanol–water partition coefficient (Wildman–Crippen LogP) is 1.05. The summed E-state index contributed by atoms with van der Waals surface area (Å²) in [6, 6.07) is 0. The number of aromatic nitrogens is 2. The van der Waals surface area contributed by atoms with Crippen LogP contribution in [0.2, 0.25) is 0 Å². The van der Waals surface area contributed by atoms with Crippen LogP contribution in [-0.2, 0) is 18.4 Å². The molecule has 90 valence electrons. The summed E-state index contributed by atoms with van der Waals surface area (Å²) in [5, 5.41) is 6.84. The molecule has 0 radical (unpaired) electrons. The highest BCUT2D eigenvalue weighted by Gasteiger charge is 2.07. The summed E-state index contributed by atoms with van der Waals surface area (Å²) in [6.07, 6.45) is 3.16. The highest BCUT2D eigenvalue weighted by atomic mass is 16.1. The summed E-state index contributed by atoms with van der Waals surface area (Å²) in [6.45, 7) is 4.66. The number of rotatable bonds is 5. The van der Waals surface area contributed by atoms with Gasteiger partial charge in [-0.2, -0.15) is 5.10 Å². The Labute approximate surface area is 96.0 Å².